The summed E-state index contributed by atoms with van der Waals surface area (Å²) in [6.45, 7) is 1.98. The van der Waals surface area contributed by atoms with E-state index >= 15 is 0 Å². The molecular weight excluding hydrogens is 315 g/mol. The standard InChI is InChI=1S/C17H21FN2O4/c1-11-3-4-12(9-13(11)18)15(22)20-8-7-19-14(21)10-17(16(23)24)5-2-6-17/h3-4,9H,2,5-8,10H2,1H3,(H,19,21)(H,20,22)(H,23,24). The fourth-order valence-electron chi connectivity index (χ4n) is 2.65. The van der Waals surface area contributed by atoms with Crippen LogP contribution in [0.1, 0.15) is 41.6 Å². The Morgan fingerprint density at radius 3 is 2.42 bits per heavy atom. The fraction of sp³-hybridized carbons (Fsp3) is 0.471. The van der Waals surface area contributed by atoms with Crippen LogP contribution < -0.4 is 10.6 Å². The number of hydrogen-bond donors (Lipinski definition) is 3. The van der Waals surface area contributed by atoms with Gasteiger partial charge < -0.3 is 15.7 Å². The maximum absolute atomic E-state index is 13.4. The third-order valence-electron chi connectivity index (χ3n) is 4.43. The van der Waals surface area contributed by atoms with Gasteiger partial charge in [-0.3, -0.25) is 14.4 Å². The maximum atomic E-state index is 13.4. The molecule has 0 saturated heterocycles. The Hall–Kier alpha value is -2.44. The zero-order valence-corrected chi connectivity index (χ0v) is 13.5. The van der Waals surface area contributed by atoms with Crippen LogP contribution in [0.3, 0.4) is 0 Å². The minimum Gasteiger partial charge on any atom is -0.481 e. The fourth-order valence-corrected chi connectivity index (χ4v) is 2.65. The van der Waals surface area contributed by atoms with Crippen LogP contribution in [0.15, 0.2) is 18.2 Å². The minimum absolute atomic E-state index is 0.0422. The Morgan fingerprint density at radius 2 is 1.88 bits per heavy atom. The Balaban J connectivity index is 1.72. The summed E-state index contributed by atoms with van der Waals surface area (Å²) >= 11 is 0. The highest BCUT2D eigenvalue weighted by molar-refractivity contribution is 5.94. The van der Waals surface area contributed by atoms with E-state index in [1.807, 2.05) is 0 Å². The summed E-state index contributed by atoms with van der Waals surface area (Å²) in [5, 5.41) is 14.4. The van der Waals surface area contributed by atoms with Crippen molar-refractivity contribution in [3.05, 3.63) is 35.1 Å². The zero-order valence-electron chi connectivity index (χ0n) is 13.5. The SMILES string of the molecule is Cc1ccc(C(=O)NCCNC(=O)CC2(C(=O)O)CCC2)cc1F. The number of carbonyl (C=O) groups excluding carboxylic acids is 2. The first-order valence-corrected chi connectivity index (χ1v) is 7.88. The van der Waals surface area contributed by atoms with Crippen LogP contribution in [0.4, 0.5) is 4.39 Å². The van der Waals surface area contributed by atoms with Crippen LogP contribution >= 0.6 is 0 Å². The highest BCUT2D eigenvalue weighted by Gasteiger charge is 2.45. The topological polar surface area (TPSA) is 95.5 Å². The molecule has 24 heavy (non-hydrogen) atoms. The molecule has 1 aromatic carbocycles. The molecule has 2 rings (SSSR count). The van der Waals surface area contributed by atoms with Crippen molar-refractivity contribution in [2.75, 3.05) is 13.1 Å². The number of carboxylic acids is 1. The van der Waals surface area contributed by atoms with Gasteiger partial charge in [-0.05, 0) is 37.5 Å². The van der Waals surface area contributed by atoms with Gasteiger partial charge in [0, 0.05) is 25.1 Å². The summed E-state index contributed by atoms with van der Waals surface area (Å²) in [5.74, 6) is -2.15. The van der Waals surface area contributed by atoms with Crippen molar-refractivity contribution in [1.29, 1.82) is 0 Å². The van der Waals surface area contributed by atoms with E-state index in [-0.39, 0.29) is 31.0 Å². The molecule has 2 amide bonds. The molecule has 0 unspecified atom stereocenters. The first-order valence-electron chi connectivity index (χ1n) is 7.88. The normalized spacial score (nSPS) is 15.2. The summed E-state index contributed by atoms with van der Waals surface area (Å²) in [6, 6.07) is 4.21. The predicted octanol–water partition coefficient (Wildman–Crippen LogP) is 1.63. The highest BCUT2D eigenvalue weighted by Crippen LogP contribution is 2.44. The average molecular weight is 336 g/mol. The smallest absolute Gasteiger partial charge is 0.310 e. The number of aliphatic carboxylic acids is 1. The van der Waals surface area contributed by atoms with Crippen LogP contribution in [-0.4, -0.2) is 36.0 Å². The van der Waals surface area contributed by atoms with Crippen molar-refractivity contribution in [2.24, 2.45) is 5.41 Å². The molecule has 1 aliphatic rings. The lowest BCUT2D eigenvalue weighted by Gasteiger charge is -2.36. The second-order valence-corrected chi connectivity index (χ2v) is 6.19. The summed E-state index contributed by atoms with van der Waals surface area (Å²) in [7, 11) is 0. The first kappa shape index (κ1) is 17.9. The van der Waals surface area contributed by atoms with E-state index in [4.69, 9.17) is 0 Å². The van der Waals surface area contributed by atoms with Gasteiger partial charge in [-0.1, -0.05) is 12.5 Å². The highest BCUT2D eigenvalue weighted by atomic mass is 19.1. The molecule has 1 aliphatic carbocycles. The number of hydrogen-bond acceptors (Lipinski definition) is 3. The van der Waals surface area contributed by atoms with Crippen molar-refractivity contribution in [2.45, 2.75) is 32.6 Å². The van der Waals surface area contributed by atoms with E-state index in [9.17, 15) is 23.9 Å². The number of nitrogens with one attached hydrogen (secondary N) is 2. The lowest BCUT2D eigenvalue weighted by molar-refractivity contribution is -0.157. The molecule has 3 N–H and O–H groups in total. The summed E-state index contributed by atoms with van der Waals surface area (Å²) in [6.07, 6.45) is 1.82. The zero-order chi connectivity index (χ0) is 17.7. The van der Waals surface area contributed by atoms with Gasteiger partial charge in [-0.15, -0.1) is 0 Å². The second-order valence-electron chi connectivity index (χ2n) is 6.19. The van der Waals surface area contributed by atoms with E-state index in [2.05, 4.69) is 10.6 Å². The van der Waals surface area contributed by atoms with Gasteiger partial charge in [0.25, 0.3) is 5.91 Å². The number of halogens is 1. The van der Waals surface area contributed by atoms with Gasteiger partial charge in [-0.2, -0.15) is 0 Å². The van der Waals surface area contributed by atoms with Gasteiger partial charge in [0.15, 0.2) is 0 Å². The van der Waals surface area contributed by atoms with E-state index in [0.29, 0.717) is 18.4 Å². The molecule has 7 heteroatoms. The number of carboxylic acid groups (broad SMARTS) is 1. The lowest BCUT2D eigenvalue weighted by atomic mass is 9.66. The van der Waals surface area contributed by atoms with Crippen LogP contribution in [-0.2, 0) is 9.59 Å². The monoisotopic (exact) mass is 336 g/mol. The molecule has 0 aliphatic heterocycles. The van der Waals surface area contributed by atoms with Gasteiger partial charge in [0.05, 0.1) is 5.41 Å². The molecule has 0 spiro atoms. The second kappa shape index (κ2) is 7.42. The first-order chi connectivity index (χ1) is 11.3. The number of carbonyl (C=O) groups is 3. The van der Waals surface area contributed by atoms with Crippen LogP contribution in [0, 0.1) is 18.2 Å². The molecule has 0 atom stereocenters. The molecule has 0 bridgehead atoms. The number of aryl methyl sites for hydroxylation is 1. The van der Waals surface area contributed by atoms with Gasteiger partial charge in [-0.25, -0.2) is 4.39 Å². The Bertz CT molecular complexity index is 656. The van der Waals surface area contributed by atoms with E-state index in [0.717, 1.165) is 12.5 Å². The van der Waals surface area contributed by atoms with Crippen molar-refractivity contribution in [3.8, 4) is 0 Å². The van der Waals surface area contributed by atoms with Gasteiger partial charge >= 0.3 is 5.97 Å². The number of rotatable bonds is 7. The molecule has 0 radical (unpaired) electrons. The van der Waals surface area contributed by atoms with E-state index < -0.39 is 23.1 Å². The van der Waals surface area contributed by atoms with Crippen LogP contribution in [0.25, 0.3) is 0 Å². The molecule has 1 saturated carbocycles. The van der Waals surface area contributed by atoms with Crippen molar-refractivity contribution in [1.82, 2.24) is 10.6 Å². The molecule has 1 fully saturated rings. The Labute approximate surface area is 139 Å². The van der Waals surface area contributed by atoms with Crippen molar-refractivity contribution >= 4 is 17.8 Å². The molecule has 1 aromatic rings. The molecule has 0 aromatic heterocycles. The quantitative estimate of drug-likeness (QED) is 0.660. The molecular formula is C17H21FN2O4. The van der Waals surface area contributed by atoms with Crippen LogP contribution in [0.2, 0.25) is 0 Å². The van der Waals surface area contributed by atoms with E-state index in [1.54, 1.807) is 6.92 Å². The third kappa shape index (κ3) is 4.10. The minimum atomic E-state index is -0.932. The largest absolute Gasteiger partial charge is 0.481 e. The lowest BCUT2D eigenvalue weighted by Crippen LogP contribution is -2.43. The number of benzene rings is 1. The summed E-state index contributed by atoms with van der Waals surface area (Å²) in [4.78, 5) is 34.9. The Kier molecular flexibility index (Phi) is 5.54. The van der Waals surface area contributed by atoms with Crippen molar-refractivity contribution in [3.63, 3.8) is 0 Å². The molecule has 0 heterocycles. The average Bonchev–Trinajstić information content (AvgIpc) is 2.49. The third-order valence-corrected chi connectivity index (χ3v) is 4.43. The maximum Gasteiger partial charge on any atom is 0.310 e. The predicted molar refractivity (Wildman–Crippen MR) is 85.0 cm³/mol. The summed E-state index contributed by atoms with van der Waals surface area (Å²) < 4.78 is 13.4. The number of amides is 2. The van der Waals surface area contributed by atoms with Crippen LogP contribution in [0.5, 0.6) is 0 Å². The van der Waals surface area contributed by atoms with Crippen molar-refractivity contribution < 1.29 is 23.9 Å². The molecule has 130 valence electrons. The van der Waals surface area contributed by atoms with E-state index in [1.165, 1.54) is 12.1 Å². The Morgan fingerprint density at radius 1 is 1.21 bits per heavy atom. The summed E-state index contributed by atoms with van der Waals surface area (Å²) in [5.41, 5.74) is -0.252. The van der Waals surface area contributed by atoms with Gasteiger partial charge in [0.2, 0.25) is 5.91 Å². The molecule has 6 nitrogen and oxygen atoms in total. The van der Waals surface area contributed by atoms with Gasteiger partial charge in [0.1, 0.15) is 5.82 Å².